The molecule has 0 rings (SSSR count). The van der Waals surface area contributed by atoms with Gasteiger partial charge in [0, 0.05) is 12.6 Å². The first-order chi connectivity index (χ1) is 9.74. The van der Waals surface area contributed by atoms with E-state index in [0.29, 0.717) is 5.92 Å². The first-order valence-corrected chi connectivity index (χ1v) is 8.35. The maximum Gasteiger partial charge on any atom is 0.243 e. The van der Waals surface area contributed by atoms with Crippen molar-refractivity contribution < 1.29 is 4.79 Å². The Hall–Kier alpha value is -1.05. The molecule has 0 radical (unpaired) electrons. The Balaban J connectivity index is 3.75. The van der Waals surface area contributed by atoms with Crippen LogP contribution in [0.3, 0.4) is 0 Å². The minimum Gasteiger partial charge on any atom is -0.352 e. The van der Waals surface area contributed by atoms with E-state index in [0.717, 1.165) is 19.4 Å². The molecule has 0 aromatic rings. The molecular weight excluding hydrogens is 246 g/mol. The second-order valence-electron chi connectivity index (χ2n) is 5.44. The van der Waals surface area contributed by atoms with E-state index < -0.39 is 0 Å². The molecule has 1 unspecified atom stereocenters. The van der Waals surface area contributed by atoms with Crippen molar-refractivity contribution in [2.24, 2.45) is 5.92 Å². The summed E-state index contributed by atoms with van der Waals surface area (Å²) in [5.41, 5.74) is 0. The Kier molecular flexibility index (Phi) is 13.6. The zero-order valence-corrected chi connectivity index (χ0v) is 13.7. The molecule has 0 bridgehead atoms. The molecule has 1 atom stereocenters. The van der Waals surface area contributed by atoms with Crippen molar-refractivity contribution in [1.82, 2.24) is 5.32 Å². The van der Waals surface area contributed by atoms with E-state index in [-0.39, 0.29) is 5.91 Å². The van der Waals surface area contributed by atoms with Crippen LogP contribution in [-0.4, -0.2) is 12.5 Å². The van der Waals surface area contributed by atoms with Crippen LogP contribution in [-0.2, 0) is 4.79 Å². The predicted molar refractivity (Wildman–Crippen MR) is 88.7 cm³/mol. The number of carbonyl (C=O) groups excluding carboxylic acids is 1. The van der Waals surface area contributed by atoms with Crippen molar-refractivity contribution in [3.05, 3.63) is 24.3 Å². The van der Waals surface area contributed by atoms with E-state index >= 15 is 0 Å². The van der Waals surface area contributed by atoms with Crippen LogP contribution in [0.1, 0.15) is 72.1 Å². The standard InChI is InChI=1S/C18H33NO/c1-4-7-9-10-11-12-13-15-18(20)19-16-17(6-3)14-8-5-2/h11-13,15,17H,4-10,14,16H2,1-3H3,(H,19,20)/b12-11+,15-13+. The average molecular weight is 279 g/mol. The van der Waals surface area contributed by atoms with Gasteiger partial charge in [-0.25, -0.2) is 0 Å². The maximum absolute atomic E-state index is 11.6. The van der Waals surface area contributed by atoms with Gasteiger partial charge in [-0.15, -0.1) is 0 Å². The molecule has 0 aromatic carbocycles. The molecule has 0 saturated heterocycles. The summed E-state index contributed by atoms with van der Waals surface area (Å²) in [5.74, 6) is 0.648. The van der Waals surface area contributed by atoms with Crippen molar-refractivity contribution in [3.8, 4) is 0 Å². The van der Waals surface area contributed by atoms with Gasteiger partial charge >= 0.3 is 0 Å². The van der Waals surface area contributed by atoms with E-state index in [1.54, 1.807) is 6.08 Å². The first kappa shape index (κ1) is 18.9. The molecule has 116 valence electrons. The molecule has 2 nitrogen and oxygen atoms in total. The molecule has 0 aliphatic carbocycles. The number of unbranched alkanes of at least 4 members (excludes halogenated alkanes) is 4. The number of hydrogen-bond acceptors (Lipinski definition) is 1. The highest BCUT2D eigenvalue weighted by Gasteiger charge is 2.06. The number of carbonyl (C=O) groups is 1. The van der Waals surface area contributed by atoms with Crippen LogP contribution in [0.4, 0.5) is 0 Å². The summed E-state index contributed by atoms with van der Waals surface area (Å²) in [4.78, 5) is 11.6. The van der Waals surface area contributed by atoms with Crippen molar-refractivity contribution >= 4 is 5.91 Å². The Labute approximate surface area is 125 Å². The minimum absolute atomic E-state index is 0.0261. The highest BCUT2D eigenvalue weighted by molar-refractivity contribution is 5.87. The Morgan fingerprint density at radius 1 is 1.05 bits per heavy atom. The van der Waals surface area contributed by atoms with Crippen molar-refractivity contribution in [1.29, 1.82) is 0 Å². The van der Waals surface area contributed by atoms with Crippen molar-refractivity contribution in [2.75, 3.05) is 6.54 Å². The van der Waals surface area contributed by atoms with E-state index in [1.165, 1.54) is 38.5 Å². The van der Waals surface area contributed by atoms with Crippen molar-refractivity contribution in [2.45, 2.75) is 72.1 Å². The first-order valence-electron chi connectivity index (χ1n) is 8.35. The fourth-order valence-electron chi connectivity index (χ4n) is 2.08. The summed E-state index contributed by atoms with van der Waals surface area (Å²) in [5, 5.41) is 2.99. The molecule has 0 saturated carbocycles. The molecule has 0 spiro atoms. The molecule has 0 heterocycles. The fraction of sp³-hybridized carbons (Fsp3) is 0.722. The van der Waals surface area contributed by atoms with Gasteiger partial charge in [0.2, 0.25) is 5.91 Å². The lowest BCUT2D eigenvalue weighted by molar-refractivity contribution is -0.116. The second-order valence-corrected chi connectivity index (χ2v) is 5.44. The summed E-state index contributed by atoms with van der Waals surface area (Å²) in [6.07, 6.45) is 17.3. The van der Waals surface area contributed by atoms with Crippen LogP contribution < -0.4 is 5.32 Å². The third-order valence-electron chi connectivity index (χ3n) is 3.58. The highest BCUT2D eigenvalue weighted by Crippen LogP contribution is 2.11. The van der Waals surface area contributed by atoms with Crippen molar-refractivity contribution in [3.63, 3.8) is 0 Å². The van der Waals surface area contributed by atoms with Gasteiger partial charge in [0.15, 0.2) is 0 Å². The number of allylic oxidation sites excluding steroid dienone is 3. The Morgan fingerprint density at radius 2 is 1.80 bits per heavy atom. The number of amides is 1. The molecule has 0 fully saturated rings. The zero-order valence-electron chi connectivity index (χ0n) is 13.7. The largest absolute Gasteiger partial charge is 0.352 e. The van der Waals surface area contributed by atoms with Crippen LogP contribution in [0.25, 0.3) is 0 Å². The number of nitrogens with one attached hydrogen (secondary N) is 1. The normalized spacial score (nSPS) is 13.2. The van der Waals surface area contributed by atoms with E-state index in [1.807, 2.05) is 12.2 Å². The van der Waals surface area contributed by atoms with Gasteiger partial charge in [-0.1, -0.05) is 71.1 Å². The molecule has 0 aliphatic heterocycles. The maximum atomic E-state index is 11.6. The van der Waals surface area contributed by atoms with E-state index in [2.05, 4.69) is 32.2 Å². The van der Waals surface area contributed by atoms with Crippen LogP contribution in [0.15, 0.2) is 24.3 Å². The Morgan fingerprint density at radius 3 is 2.45 bits per heavy atom. The molecule has 20 heavy (non-hydrogen) atoms. The lowest BCUT2D eigenvalue weighted by Crippen LogP contribution is -2.27. The van der Waals surface area contributed by atoms with E-state index in [9.17, 15) is 4.79 Å². The van der Waals surface area contributed by atoms with Crippen LogP contribution in [0, 0.1) is 5.92 Å². The molecule has 1 N–H and O–H groups in total. The highest BCUT2D eigenvalue weighted by atomic mass is 16.1. The summed E-state index contributed by atoms with van der Waals surface area (Å²) >= 11 is 0. The summed E-state index contributed by atoms with van der Waals surface area (Å²) in [6, 6.07) is 0. The summed E-state index contributed by atoms with van der Waals surface area (Å²) < 4.78 is 0. The average Bonchev–Trinajstić information content (AvgIpc) is 2.46. The third-order valence-corrected chi connectivity index (χ3v) is 3.58. The van der Waals surface area contributed by atoms with Crippen LogP contribution in [0.2, 0.25) is 0 Å². The van der Waals surface area contributed by atoms with Gasteiger partial charge in [0.25, 0.3) is 0 Å². The van der Waals surface area contributed by atoms with Gasteiger partial charge in [-0.2, -0.15) is 0 Å². The van der Waals surface area contributed by atoms with Gasteiger partial charge in [0.1, 0.15) is 0 Å². The lowest BCUT2D eigenvalue weighted by atomic mass is 9.99. The minimum atomic E-state index is 0.0261. The van der Waals surface area contributed by atoms with Crippen LogP contribution in [0.5, 0.6) is 0 Å². The fourth-order valence-corrected chi connectivity index (χ4v) is 2.08. The SMILES string of the molecule is CCCCC/C=C/C=C/C(=O)NCC(CC)CCCC. The van der Waals surface area contributed by atoms with Gasteiger partial charge < -0.3 is 5.32 Å². The number of hydrogen-bond donors (Lipinski definition) is 1. The molecule has 0 aromatic heterocycles. The third kappa shape index (κ3) is 12.0. The summed E-state index contributed by atoms with van der Waals surface area (Å²) in [7, 11) is 0. The molecule has 0 aliphatic rings. The molecular formula is C18H33NO. The smallest absolute Gasteiger partial charge is 0.243 e. The van der Waals surface area contributed by atoms with Gasteiger partial charge in [-0.05, 0) is 25.2 Å². The van der Waals surface area contributed by atoms with Gasteiger partial charge in [0.05, 0.1) is 0 Å². The monoisotopic (exact) mass is 279 g/mol. The van der Waals surface area contributed by atoms with Crippen LogP contribution >= 0.6 is 0 Å². The van der Waals surface area contributed by atoms with E-state index in [4.69, 9.17) is 0 Å². The lowest BCUT2D eigenvalue weighted by Gasteiger charge is -2.14. The summed E-state index contributed by atoms with van der Waals surface area (Å²) in [6.45, 7) is 7.42. The molecule has 2 heteroatoms. The van der Waals surface area contributed by atoms with Gasteiger partial charge in [-0.3, -0.25) is 4.79 Å². The topological polar surface area (TPSA) is 29.1 Å². The quantitative estimate of drug-likeness (QED) is 0.303. The Bertz CT molecular complexity index is 281. The number of rotatable bonds is 12. The predicted octanol–water partition coefficient (Wildman–Crippen LogP) is 5.01. The second kappa shape index (κ2) is 14.4. The zero-order chi connectivity index (χ0) is 15.1. The molecule has 1 amide bonds.